The summed E-state index contributed by atoms with van der Waals surface area (Å²) in [5.41, 5.74) is 2.72. The maximum absolute atomic E-state index is 12.8. The van der Waals surface area contributed by atoms with Gasteiger partial charge in [-0.15, -0.1) is 11.8 Å². The number of rotatable bonds is 10. The van der Waals surface area contributed by atoms with Crippen LogP contribution < -0.4 is 14.8 Å². The second kappa shape index (κ2) is 10.4. The van der Waals surface area contributed by atoms with Crippen molar-refractivity contribution in [2.45, 2.75) is 44.1 Å². The number of nitriles is 1. The number of benzene rings is 1. The van der Waals surface area contributed by atoms with E-state index in [-0.39, 0.29) is 5.91 Å². The monoisotopic (exact) mass is 425 g/mol. The average Bonchev–Trinajstić information content (AvgIpc) is 3.60. The van der Waals surface area contributed by atoms with E-state index < -0.39 is 0 Å². The number of amides is 1. The maximum Gasteiger partial charge on any atom is 0.252 e. The number of pyridine rings is 1. The zero-order valence-electron chi connectivity index (χ0n) is 17.7. The van der Waals surface area contributed by atoms with E-state index in [0.29, 0.717) is 54.0 Å². The Morgan fingerprint density at radius 3 is 2.60 bits per heavy atom. The van der Waals surface area contributed by atoms with Crippen molar-refractivity contribution in [1.82, 2.24) is 10.3 Å². The van der Waals surface area contributed by atoms with Gasteiger partial charge in [0.25, 0.3) is 5.91 Å². The molecule has 1 amide bonds. The fourth-order valence-electron chi connectivity index (χ4n) is 3.23. The first-order chi connectivity index (χ1) is 14.6. The zero-order chi connectivity index (χ0) is 21.5. The summed E-state index contributed by atoms with van der Waals surface area (Å²) in [7, 11) is 0. The number of hydrogen-bond donors (Lipinski definition) is 1. The van der Waals surface area contributed by atoms with Crippen LogP contribution in [0.3, 0.4) is 0 Å². The average molecular weight is 426 g/mol. The first kappa shape index (κ1) is 22.0. The topological polar surface area (TPSA) is 84.2 Å². The highest BCUT2D eigenvalue weighted by molar-refractivity contribution is 7.98. The third kappa shape index (κ3) is 5.25. The second-order valence-corrected chi connectivity index (χ2v) is 7.81. The van der Waals surface area contributed by atoms with E-state index in [9.17, 15) is 10.1 Å². The Labute approximate surface area is 182 Å². The molecule has 0 radical (unpaired) electrons. The first-order valence-corrected chi connectivity index (χ1v) is 11.5. The predicted octanol–water partition coefficient (Wildman–Crippen LogP) is 4.32. The van der Waals surface area contributed by atoms with E-state index in [2.05, 4.69) is 16.4 Å². The lowest BCUT2D eigenvalue weighted by Gasteiger charge is -2.13. The Morgan fingerprint density at radius 2 is 1.97 bits per heavy atom. The highest BCUT2D eigenvalue weighted by Gasteiger charge is 2.28. The van der Waals surface area contributed by atoms with Crippen molar-refractivity contribution in [3.05, 3.63) is 46.6 Å². The molecule has 7 heteroatoms. The molecule has 0 atom stereocenters. The summed E-state index contributed by atoms with van der Waals surface area (Å²) in [6.07, 6.45) is 4.71. The van der Waals surface area contributed by atoms with E-state index in [1.165, 1.54) is 11.8 Å². The van der Waals surface area contributed by atoms with Crippen LogP contribution in [0.5, 0.6) is 11.5 Å². The van der Waals surface area contributed by atoms with Crippen molar-refractivity contribution in [3.63, 3.8) is 0 Å². The molecule has 1 aromatic heterocycles. The molecule has 1 heterocycles. The molecule has 2 aromatic rings. The summed E-state index contributed by atoms with van der Waals surface area (Å²) in [5, 5.41) is 13.1. The van der Waals surface area contributed by atoms with Crippen LogP contribution in [0.15, 0.2) is 29.3 Å². The number of carbonyl (C=O) groups is 1. The first-order valence-electron chi connectivity index (χ1n) is 10.3. The van der Waals surface area contributed by atoms with Gasteiger partial charge in [-0.3, -0.25) is 4.79 Å². The minimum Gasteiger partial charge on any atom is -0.490 e. The third-order valence-electron chi connectivity index (χ3n) is 4.86. The van der Waals surface area contributed by atoms with E-state index in [1.54, 1.807) is 6.07 Å². The minimum atomic E-state index is -0.234. The lowest BCUT2D eigenvalue weighted by molar-refractivity contribution is 0.0953. The van der Waals surface area contributed by atoms with Crippen LogP contribution in [-0.2, 0) is 6.42 Å². The van der Waals surface area contributed by atoms with Gasteiger partial charge in [-0.25, -0.2) is 4.98 Å². The Bertz CT molecular complexity index is 951. The zero-order valence-corrected chi connectivity index (χ0v) is 18.5. The number of nitrogens with one attached hydrogen (secondary N) is 1. The summed E-state index contributed by atoms with van der Waals surface area (Å²) < 4.78 is 11.3. The highest BCUT2D eigenvalue weighted by atomic mass is 32.2. The fraction of sp³-hybridized carbons (Fsp3) is 0.435. The molecule has 1 aliphatic rings. The number of thioether (sulfide) groups is 1. The van der Waals surface area contributed by atoms with E-state index in [4.69, 9.17) is 9.47 Å². The maximum atomic E-state index is 12.8. The summed E-state index contributed by atoms with van der Waals surface area (Å²) in [6, 6.07) is 9.77. The predicted molar refractivity (Wildman–Crippen MR) is 118 cm³/mol. The minimum absolute atomic E-state index is 0.234. The van der Waals surface area contributed by atoms with Gasteiger partial charge >= 0.3 is 0 Å². The summed E-state index contributed by atoms with van der Waals surface area (Å²) in [6.45, 7) is 5.45. The van der Waals surface area contributed by atoms with Crippen LogP contribution in [0.25, 0.3) is 0 Å². The van der Waals surface area contributed by atoms with Crippen molar-refractivity contribution in [2.24, 2.45) is 0 Å². The lowest BCUT2D eigenvalue weighted by atomic mass is 10.1. The molecule has 158 valence electrons. The molecule has 6 nitrogen and oxygen atoms in total. The molecule has 1 aliphatic carbocycles. The van der Waals surface area contributed by atoms with Crippen molar-refractivity contribution >= 4 is 17.7 Å². The molecule has 3 rings (SSSR count). The fourth-order valence-corrected chi connectivity index (χ4v) is 3.79. The second-order valence-electron chi connectivity index (χ2n) is 7.02. The lowest BCUT2D eigenvalue weighted by Crippen LogP contribution is -2.27. The van der Waals surface area contributed by atoms with Crippen LogP contribution in [0.4, 0.5) is 0 Å². The van der Waals surface area contributed by atoms with E-state index in [1.807, 2.05) is 38.3 Å². The molecular formula is C23H27N3O3S. The molecule has 0 saturated heterocycles. The van der Waals surface area contributed by atoms with Crippen LogP contribution >= 0.6 is 11.8 Å². The van der Waals surface area contributed by atoms with Gasteiger partial charge in [0.1, 0.15) is 11.1 Å². The molecule has 0 unspecified atom stereocenters. The summed E-state index contributed by atoms with van der Waals surface area (Å²) in [4.78, 5) is 17.4. The van der Waals surface area contributed by atoms with E-state index in [0.717, 1.165) is 29.8 Å². The van der Waals surface area contributed by atoms with Crippen molar-refractivity contribution in [1.29, 1.82) is 5.26 Å². The Morgan fingerprint density at radius 1 is 1.23 bits per heavy atom. The van der Waals surface area contributed by atoms with Crippen LogP contribution in [0, 0.1) is 11.3 Å². The third-order valence-corrected chi connectivity index (χ3v) is 5.54. The van der Waals surface area contributed by atoms with Gasteiger partial charge in [-0.2, -0.15) is 5.26 Å². The van der Waals surface area contributed by atoms with E-state index >= 15 is 0 Å². The quantitative estimate of drug-likeness (QED) is 0.571. The Balaban J connectivity index is 1.70. The van der Waals surface area contributed by atoms with Gasteiger partial charge in [-0.05, 0) is 63.1 Å². The molecule has 1 saturated carbocycles. The molecule has 30 heavy (non-hydrogen) atoms. The highest BCUT2D eigenvalue weighted by Crippen LogP contribution is 2.40. The van der Waals surface area contributed by atoms with Crippen LogP contribution in [0.1, 0.15) is 59.8 Å². The standard InChI is InChI=1S/C23H27N3O3S/c1-4-28-20-9-6-15(12-21(20)29-5-2)10-11-25-22(27)17-13-19(16-7-8-16)26-23(30-3)18(17)14-24/h6,9,12-13,16H,4-5,7-8,10-11H2,1-3H3,(H,25,27). The summed E-state index contributed by atoms with van der Waals surface area (Å²) >= 11 is 1.40. The van der Waals surface area contributed by atoms with Crippen LogP contribution in [0.2, 0.25) is 0 Å². The SMILES string of the molecule is CCOc1ccc(CCNC(=O)c2cc(C3CC3)nc(SC)c2C#N)cc1OCC. The largest absolute Gasteiger partial charge is 0.490 e. The molecule has 1 N–H and O–H groups in total. The molecule has 1 aromatic carbocycles. The number of aromatic nitrogens is 1. The summed E-state index contributed by atoms with van der Waals surface area (Å²) in [5.74, 6) is 1.61. The normalized spacial score (nSPS) is 12.9. The van der Waals surface area contributed by atoms with Crippen molar-refractivity contribution in [3.8, 4) is 17.6 Å². The van der Waals surface area contributed by atoms with Gasteiger partial charge in [0, 0.05) is 18.2 Å². The van der Waals surface area contributed by atoms with Gasteiger partial charge < -0.3 is 14.8 Å². The Hall–Kier alpha value is -2.72. The van der Waals surface area contributed by atoms with Gasteiger partial charge in [-0.1, -0.05) is 6.07 Å². The number of ether oxygens (including phenoxy) is 2. The number of hydrogen-bond acceptors (Lipinski definition) is 6. The Kier molecular flexibility index (Phi) is 7.58. The number of carbonyl (C=O) groups excluding carboxylic acids is 1. The molecule has 1 fully saturated rings. The van der Waals surface area contributed by atoms with Crippen molar-refractivity contribution < 1.29 is 14.3 Å². The van der Waals surface area contributed by atoms with Gasteiger partial charge in [0.2, 0.25) is 0 Å². The smallest absolute Gasteiger partial charge is 0.252 e. The molecule has 0 spiro atoms. The number of nitrogens with zero attached hydrogens (tertiary/aromatic N) is 2. The van der Waals surface area contributed by atoms with Crippen LogP contribution in [-0.4, -0.2) is 36.9 Å². The van der Waals surface area contributed by atoms with Gasteiger partial charge in [0.05, 0.1) is 24.3 Å². The van der Waals surface area contributed by atoms with Gasteiger partial charge in [0.15, 0.2) is 11.5 Å². The molecule has 0 aliphatic heterocycles. The molecular weight excluding hydrogens is 398 g/mol. The molecule has 0 bridgehead atoms. The van der Waals surface area contributed by atoms with Crippen molar-refractivity contribution in [2.75, 3.05) is 26.0 Å².